The van der Waals surface area contributed by atoms with Crippen LogP contribution in [-0.4, -0.2) is 23.7 Å². The summed E-state index contributed by atoms with van der Waals surface area (Å²) in [6, 6.07) is 20.8. The van der Waals surface area contributed by atoms with Crippen LogP contribution in [0.1, 0.15) is 22.7 Å². The van der Waals surface area contributed by atoms with Crippen molar-refractivity contribution < 1.29 is 19.0 Å². The largest absolute Gasteiger partial charge is 0.478 e. The first kappa shape index (κ1) is 18.8. The molecule has 0 bridgehead atoms. The molecule has 6 heteroatoms. The Morgan fingerprint density at radius 2 is 1.80 bits per heavy atom. The van der Waals surface area contributed by atoms with Crippen LogP contribution in [-0.2, 0) is 11.3 Å². The SMILES string of the molecule is Cc1ccccc1O[C@@H]1C(=O)N(Cc2ccc(Cl)cc2)[C@H]1c1ccc2c(c1)OCO2. The normalized spacial score (nSPS) is 19.5. The fraction of sp³-hybridized carbons (Fsp3) is 0.208. The Bertz CT molecular complexity index is 1100. The number of carbonyl (C=O) groups is 1. The van der Waals surface area contributed by atoms with Crippen LogP contribution in [0.5, 0.6) is 17.2 Å². The lowest BCUT2D eigenvalue weighted by Crippen LogP contribution is -2.60. The Morgan fingerprint density at radius 3 is 2.60 bits per heavy atom. The third-order valence-corrected chi connectivity index (χ3v) is 5.75. The second kappa shape index (κ2) is 7.58. The van der Waals surface area contributed by atoms with E-state index in [9.17, 15) is 4.79 Å². The number of benzene rings is 3. The van der Waals surface area contributed by atoms with Gasteiger partial charge in [-0.3, -0.25) is 4.79 Å². The lowest BCUT2D eigenvalue weighted by molar-refractivity contribution is -0.165. The van der Waals surface area contributed by atoms with E-state index in [0.29, 0.717) is 28.8 Å². The predicted molar refractivity (Wildman–Crippen MR) is 113 cm³/mol. The molecular formula is C24H20ClNO4. The lowest BCUT2D eigenvalue weighted by Gasteiger charge is -2.47. The number of halogens is 1. The van der Waals surface area contributed by atoms with E-state index in [-0.39, 0.29) is 18.7 Å². The van der Waals surface area contributed by atoms with Gasteiger partial charge in [0.2, 0.25) is 12.9 Å². The van der Waals surface area contributed by atoms with Gasteiger partial charge in [-0.1, -0.05) is 48.0 Å². The van der Waals surface area contributed by atoms with Crippen molar-refractivity contribution in [2.24, 2.45) is 0 Å². The maximum Gasteiger partial charge on any atom is 0.267 e. The lowest BCUT2D eigenvalue weighted by atomic mass is 9.89. The third kappa shape index (κ3) is 3.35. The van der Waals surface area contributed by atoms with Crippen molar-refractivity contribution in [3.05, 3.63) is 88.4 Å². The molecule has 0 aromatic heterocycles. The Kier molecular flexibility index (Phi) is 4.75. The van der Waals surface area contributed by atoms with Gasteiger partial charge in [-0.15, -0.1) is 0 Å². The molecule has 5 rings (SSSR count). The topological polar surface area (TPSA) is 48.0 Å². The number of rotatable bonds is 5. The number of nitrogens with zero attached hydrogens (tertiary/aromatic N) is 1. The Labute approximate surface area is 179 Å². The quantitative estimate of drug-likeness (QED) is 0.549. The highest BCUT2D eigenvalue weighted by molar-refractivity contribution is 6.30. The first-order valence-corrected chi connectivity index (χ1v) is 10.1. The molecule has 1 saturated heterocycles. The summed E-state index contributed by atoms with van der Waals surface area (Å²) in [5, 5.41) is 0.668. The molecule has 1 fully saturated rings. The van der Waals surface area contributed by atoms with Gasteiger partial charge in [0, 0.05) is 11.6 Å². The number of amides is 1. The molecule has 0 N–H and O–H groups in total. The highest BCUT2D eigenvalue weighted by Gasteiger charge is 2.50. The summed E-state index contributed by atoms with van der Waals surface area (Å²) in [7, 11) is 0. The van der Waals surface area contributed by atoms with Crippen molar-refractivity contribution in [1.29, 1.82) is 0 Å². The summed E-state index contributed by atoms with van der Waals surface area (Å²) >= 11 is 6.01. The summed E-state index contributed by atoms with van der Waals surface area (Å²) < 4.78 is 17.2. The third-order valence-electron chi connectivity index (χ3n) is 5.50. The highest BCUT2D eigenvalue weighted by Crippen LogP contribution is 2.43. The molecule has 0 unspecified atom stereocenters. The van der Waals surface area contributed by atoms with Gasteiger partial charge in [-0.2, -0.15) is 0 Å². The maximum absolute atomic E-state index is 13.1. The summed E-state index contributed by atoms with van der Waals surface area (Å²) in [5.41, 5.74) is 2.95. The van der Waals surface area contributed by atoms with Crippen molar-refractivity contribution in [1.82, 2.24) is 4.90 Å². The fourth-order valence-electron chi connectivity index (χ4n) is 3.87. The zero-order chi connectivity index (χ0) is 20.7. The van der Waals surface area contributed by atoms with Crippen LogP contribution in [0, 0.1) is 6.92 Å². The summed E-state index contributed by atoms with van der Waals surface area (Å²) in [5.74, 6) is 2.07. The Morgan fingerprint density at radius 1 is 1.03 bits per heavy atom. The number of hydrogen-bond acceptors (Lipinski definition) is 4. The van der Waals surface area contributed by atoms with Gasteiger partial charge in [-0.05, 0) is 53.9 Å². The van der Waals surface area contributed by atoms with Gasteiger partial charge < -0.3 is 19.1 Å². The van der Waals surface area contributed by atoms with E-state index in [1.807, 2.05) is 78.6 Å². The van der Waals surface area contributed by atoms with E-state index in [0.717, 1.165) is 16.7 Å². The predicted octanol–water partition coefficient (Wildman–Crippen LogP) is 4.91. The molecule has 30 heavy (non-hydrogen) atoms. The number of hydrogen-bond donors (Lipinski definition) is 0. The molecule has 2 heterocycles. The van der Waals surface area contributed by atoms with Crippen LogP contribution < -0.4 is 14.2 Å². The Hall–Kier alpha value is -3.18. The molecule has 2 atom stereocenters. The molecule has 1 amide bonds. The standard InChI is InChI=1S/C24H20ClNO4/c1-15-4-2-3-5-19(15)30-23-22(17-8-11-20-21(12-17)29-14-28-20)26(24(23)27)13-16-6-9-18(25)10-7-16/h2-12,22-23H,13-14H2,1H3/t22-,23-/m0/s1. The van der Waals surface area contributed by atoms with E-state index in [1.165, 1.54) is 0 Å². The maximum atomic E-state index is 13.1. The highest BCUT2D eigenvalue weighted by atomic mass is 35.5. The van der Waals surface area contributed by atoms with Crippen LogP contribution in [0.15, 0.2) is 66.7 Å². The van der Waals surface area contributed by atoms with Gasteiger partial charge >= 0.3 is 0 Å². The minimum absolute atomic E-state index is 0.0455. The first-order chi connectivity index (χ1) is 14.6. The molecule has 0 spiro atoms. The molecule has 2 aliphatic rings. The molecule has 2 aliphatic heterocycles. The zero-order valence-electron chi connectivity index (χ0n) is 16.4. The van der Waals surface area contributed by atoms with Crippen molar-refractivity contribution in [3.63, 3.8) is 0 Å². The van der Waals surface area contributed by atoms with Crippen molar-refractivity contribution in [3.8, 4) is 17.2 Å². The minimum Gasteiger partial charge on any atom is -0.478 e. The van der Waals surface area contributed by atoms with Gasteiger partial charge in [0.25, 0.3) is 5.91 Å². The van der Waals surface area contributed by atoms with Gasteiger partial charge in [-0.25, -0.2) is 0 Å². The average Bonchev–Trinajstić information content (AvgIpc) is 3.23. The van der Waals surface area contributed by atoms with Crippen LogP contribution in [0.2, 0.25) is 5.02 Å². The van der Waals surface area contributed by atoms with Crippen LogP contribution in [0.3, 0.4) is 0 Å². The van der Waals surface area contributed by atoms with Crippen LogP contribution >= 0.6 is 11.6 Å². The second-order valence-corrected chi connectivity index (χ2v) is 7.89. The number of carbonyl (C=O) groups excluding carboxylic acids is 1. The summed E-state index contributed by atoms with van der Waals surface area (Å²) in [6.07, 6.45) is -0.598. The second-order valence-electron chi connectivity index (χ2n) is 7.45. The minimum atomic E-state index is -0.598. The van der Waals surface area contributed by atoms with Crippen molar-refractivity contribution >= 4 is 17.5 Å². The summed E-state index contributed by atoms with van der Waals surface area (Å²) in [4.78, 5) is 14.9. The van der Waals surface area contributed by atoms with Crippen molar-refractivity contribution in [2.45, 2.75) is 25.6 Å². The Balaban J connectivity index is 1.46. The smallest absolute Gasteiger partial charge is 0.267 e. The number of fused-ring (bicyclic) bond motifs is 1. The van der Waals surface area contributed by atoms with Gasteiger partial charge in [0.1, 0.15) is 11.8 Å². The van der Waals surface area contributed by atoms with Gasteiger partial charge in [0.05, 0.1) is 0 Å². The zero-order valence-corrected chi connectivity index (χ0v) is 17.1. The molecule has 0 aliphatic carbocycles. The number of β-lactam (4-membered cyclic amide) rings is 1. The fourth-order valence-corrected chi connectivity index (χ4v) is 4.00. The molecule has 3 aromatic rings. The molecule has 0 radical (unpaired) electrons. The summed E-state index contributed by atoms with van der Waals surface area (Å²) in [6.45, 7) is 2.66. The number of ether oxygens (including phenoxy) is 3. The molecule has 0 saturated carbocycles. The first-order valence-electron chi connectivity index (χ1n) is 9.77. The molecular weight excluding hydrogens is 402 g/mol. The number of aryl methyl sites for hydroxylation is 1. The van der Waals surface area contributed by atoms with Crippen molar-refractivity contribution in [2.75, 3.05) is 6.79 Å². The van der Waals surface area contributed by atoms with Crippen LogP contribution in [0.25, 0.3) is 0 Å². The molecule has 3 aromatic carbocycles. The van der Waals surface area contributed by atoms with E-state index in [2.05, 4.69) is 0 Å². The molecule has 5 nitrogen and oxygen atoms in total. The van der Waals surface area contributed by atoms with E-state index in [1.54, 1.807) is 0 Å². The van der Waals surface area contributed by atoms with E-state index >= 15 is 0 Å². The number of likely N-dealkylation sites (tertiary alicyclic amines) is 1. The van der Waals surface area contributed by atoms with Crippen LogP contribution in [0.4, 0.5) is 0 Å². The monoisotopic (exact) mass is 421 g/mol. The number of para-hydroxylation sites is 1. The van der Waals surface area contributed by atoms with E-state index in [4.69, 9.17) is 25.8 Å². The molecule has 152 valence electrons. The van der Waals surface area contributed by atoms with E-state index < -0.39 is 6.10 Å². The van der Waals surface area contributed by atoms with Gasteiger partial charge in [0.15, 0.2) is 11.5 Å². The average molecular weight is 422 g/mol.